The number of rotatable bonds is 3. The lowest BCUT2D eigenvalue weighted by Crippen LogP contribution is -2.55. The van der Waals surface area contributed by atoms with Crippen molar-refractivity contribution in [3.8, 4) is 0 Å². The fraction of sp³-hybridized carbons (Fsp3) is 0.846. The van der Waals surface area contributed by atoms with Crippen molar-refractivity contribution in [1.29, 1.82) is 0 Å². The second-order valence-corrected chi connectivity index (χ2v) is 6.09. The van der Waals surface area contributed by atoms with Gasteiger partial charge in [-0.25, -0.2) is 0 Å². The molecule has 0 N–H and O–H groups in total. The molecule has 1 aliphatic heterocycles. The summed E-state index contributed by atoms with van der Waals surface area (Å²) in [6, 6.07) is 0. The zero-order valence-electron chi connectivity index (χ0n) is 11.7. The van der Waals surface area contributed by atoms with Crippen molar-refractivity contribution in [3.63, 3.8) is 0 Å². The molecule has 20 heavy (non-hydrogen) atoms. The minimum atomic E-state index is -1.30. The van der Waals surface area contributed by atoms with E-state index in [9.17, 15) is 19.7 Å². The predicted octanol–water partition coefficient (Wildman–Crippen LogP) is 1.67. The van der Waals surface area contributed by atoms with Crippen molar-refractivity contribution >= 4 is 11.9 Å². The summed E-state index contributed by atoms with van der Waals surface area (Å²) in [5, 5.41) is 11.0. The lowest BCUT2D eigenvalue weighted by atomic mass is 9.65. The van der Waals surface area contributed by atoms with Gasteiger partial charge in [-0.3, -0.25) is 19.7 Å². The highest BCUT2D eigenvalue weighted by atomic mass is 16.7. The maximum absolute atomic E-state index is 12.2. The van der Waals surface area contributed by atoms with Crippen LogP contribution in [0.4, 0.5) is 0 Å². The molecule has 2 aliphatic rings. The van der Waals surface area contributed by atoms with Gasteiger partial charge in [-0.15, -0.1) is 0 Å². The van der Waals surface area contributed by atoms with Gasteiger partial charge in [-0.1, -0.05) is 19.3 Å². The van der Waals surface area contributed by atoms with Crippen LogP contribution in [0.2, 0.25) is 0 Å². The van der Waals surface area contributed by atoms with Gasteiger partial charge in [0, 0.05) is 18.8 Å². The molecule has 7 nitrogen and oxygen atoms in total. The average molecular weight is 285 g/mol. The molecule has 0 atom stereocenters. The molecule has 7 heteroatoms. The largest absolute Gasteiger partial charge is 0.422 e. The second-order valence-electron chi connectivity index (χ2n) is 6.09. The third kappa shape index (κ3) is 2.76. The molecule has 0 amide bonds. The Morgan fingerprint density at radius 3 is 2.10 bits per heavy atom. The van der Waals surface area contributed by atoms with E-state index in [2.05, 4.69) is 0 Å². The topological polar surface area (TPSA) is 95.7 Å². The third-order valence-electron chi connectivity index (χ3n) is 4.07. The SMILES string of the molecule is CC1(C)OC(=O)C(C2(C[N+](=O)[O-])CCCCC2)C(=O)O1. The van der Waals surface area contributed by atoms with Crippen molar-refractivity contribution in [2.24, 2.45) is 11.3 Å². The van der Waals surface area contributed by atoms with Crippen molar-refractivity contribution in [1.82, 2.24) is 0 Å². The first-order valence-electron chi connectivity index (χ1n) is 6.83. The summed E-state index contributed by atoms with van der Waals surface area (Å²) in [4.78, 5) is 34.8. The Kier molecular flexibility index (Phi) is 3.71. The molecule has 2 fully saturated rings. The molecule has 0 radical (unpaired) electrons. The molecule has 0 aromatic rings. The van der Waals surface area contributed by atoms with E-state index in [-0.39, 0.29) is 0 Å². The molecule has 0 spiro atoms. The van der Waals surface area contributed by atoms with E-state index in [0.29, 0.717) is 12.8 Å². The summed E-state index contributed by atoms with van der Waals surface area (Å²) in [7, 11) is 0. The number of esters is 2. The first-order chi connectivity index (χ1) is 9.26. The second kappa shape index (κ2) is 5.03. The van der Waals surface area contributed by atoms with Crippen LogP contribution >= 0.6 is 0 Å². The number of carbonyl (C=O) groups excluding carboxylic acids is 2. The molecule has 0 unspecified atom stereocenters. The number of carbonyl (C=O) groups is 2. The van der Waals surface area contributed by atoms with Crippen LogP contribution in [-0.2, 0) is 19.1 Å². The van der Waals surface area contributed by atoms with Crippen LogP contribution in [0.5, 0.6) is 0 Å². The van der Waals surface area contributed by atoms with Crippen LogP contribution < -0.4 is 0 Å². The Morgan fingerprint density at radius 1 is 1.15 bits per heavy atom. The van der Waals surface area contributed by atoms with E-state index < -0.39 is 40.5 Å². The van der Waals surface area contributed by atoms with Crippen LogP contribution in [0.1, 0.15) is 46.0 Å². The first kappa shape index (κ1) is 14.7. The quantitative estimate of drug-likeness (QED) is 0.339. The minimum Gasteiger partial charge on any atom is -0.422 e. The highest BCUT2D eigenvalue weighted by Gasteiger charge is 2.57. The molecule has 1 aliphatic carbocycles. The molecule has 1 heterocycles. The van der Waals surface area contributed by atoms with Crippen LogP contribution in [-0.4, -0.2) is 29.2 Å². The monoisotopic (exact) mass is 285 g/mol. The lowest BCUT2D eigenvalue weighted by molar-refractivity contribution is -0.501. The summed E-state index contributed by atoms with van der Waals surface area (Å²) in [5.74, 6) is -3.87. The van der Waals surface area contributed by atoms with Gasteiger partial charge in [0.2, 0.25) is 6.54 Å². The summed E-state index contributed by atoms with van der Waals surface area (Å²) < 4.78 is 10.2. The van der Waals surface area contributed by atoms with Gasteiger partial charge in [0.1, 0.15) is 0 Å². The van der Waals surface area contributed by atoms with Crippen LogP contribution in [0.3, 0.4) is 0 Å². The molecule has 0 bridgehead atoms. The van der Waals surface area contributed by atoms with Gasteiger partial charge < -0.3 is 9.47 Å². The number of cyclic esters (lactones) is 2. The van der Waals surface area contributed by atoms with E-state index in [1.807, 2.05) is 0 Å². The highest BCUT2D eigenvalue weighted by Crippen LogP contribution is 2.46. The molecule has 2 rings (SSSR count). The van der Waals surface area contributed by atoms with E-state index >= 15 is 0 Å². The van der Waals surface area contributed by atoms with Crippen LogP contribution in [0.25, 0.3) is 0 Å². The van der Waals surface area contributed by atoms with E-state index in [1.165, 1.54) is 13.8 Å². The highest BCUT2D eigenvalue weighted by molar-refractivity contribution is 5.97. The summed E-state index contributed by atoms with van der Waals surface area (Å²) in [6.07, 6.45) is 3.46. The Hall–Kier alpha value is -1.66. The van der Waals surface area contributed by atoms with Gasteiger partial charge in [-0.2, -0.15) is 0 Å². The van der Waals surface area contributed by atoms with Crippen LogP contribution in [0, 0.1) is 21.4 Å². The van der Waals surface area contributed by atoms with E-state index in [0.717, 1.165) is 19.3 Å². The van der Waals surface area contributed by atoms with E-state index in [1.54, 1.807) is 0 Å². The average Bonchev–Trinajstić information content (AvgIpc) is 2.25. The summed E-state index contributed by atoms with van der Waals surface area (Å²) in [6.45, 7) is 2.54. The normalized spacial score (nSPS) is 25.7. The molecule has 0 aromatic heterocycles. The molecule has 1 saturated heterocycles. The Morgan fingerprint density at radius 2 is 1.65 bits per heavy atom. The molecule has 112 valence electrons. The van der Waals surface area contributed by atoms with Crippen molar-refractivity contribution in [2.75, 3.05) is 6.54 Å². The first-order valence-corrected chi connectivity index (χ1v) is 6.83. The van der Waals surface area contributed by atoms with Gasteiger partial charge in [0.05, 0.1) is 5.41 Å². The number of nitrogens with zero attached hydrogens (tertiary/aromatic N) is 1. The maximum Gasteiger partial charge on any atom is 0.324 e. The molecular formula is C13H19NO6. The summed E-state index contributed by atoms with van der Waals surface area (Å²) >= 11 is 0. The van der Waals surface area contributed by atoms with Crippen molar-refractivity contribution in [2.45, 2.75) is 51.7 Å². The third-order valence-corrected chi connectivity index (χ3v) is 4.07. The van der Waals surface area contributed by atoms with Gasteiger partial charge in [0.15, 0.2) is 5.92 Å². The number of hydrogen-bond donors (Lipinski definition) is 0. The molecular weight excluding hydrogens is 266 g/mol. The van der Waals surface area contributed by atoms with Crippen molar-refractivity contribution in [3.05, 3.63) is 10.1 Å². The number of hydrogen-bond acceptors (Lipinski definition) is 6. The number of ether oxygens (including phenoxy) is 2. The Bertz CT molecular complexity index is 418. The smallest absolute Gasteiger partial charge is 0.324 e. The minimum absolute atomic E-state index is 0.401. The molecule has 0 aromatic carbocycles. The zero-order valence-corrected chi connectivity index (χ0v) is 11.7. The standard InChI is InChI=1S/C13H19NO6/c1-12(2)19-10(15)9(11(16)20-12)13(8-14(17)18)6-4-3-5-7-13/h9H,3-8H2,1-2H3. The Balaban J connectivity index is 2.31. The Labute approximate surface area is 116 Å². The lowest BCUT2D eigenvalue weighted by Gasteiger charge is -2.42. The molecule has 1 saturated carbocycles. The summed E-state index contributed by atoms with van der Waals surface area (Å²) in [5.41, 5.74) is -0.966. The van der Waals surface area contributed by atoms with Crippen molar-refractivity contribution < 1.29 is 24.0 Å². The maximum atomic E-state index is 12.2. The predicted molar refractivity (Wildman–Crippen MR) is 67.1 cm³/mol. The van der Waals surface area contributed by atoms with Gasteiger partial charge in [0.25, 0.3) is 5.79 Å². The number of nitro groups is 1. The van der Waals surface area contributed by atoms with Gasteiger partial charge in [-0.05, 0) is 12.8 Å². The zero-order chi connectivity index (χ0) is 15.0. The van der Waals surface area contributed by atoms with E-state index in [4.69, 9.17) is 9.47 Å². The fourth-order valence-corrected chi connectivity index (χ4v) is 3.27. The van der Waals surface area contributed by atoms with Crippen LogP contribution in [0.15, 0.2) is 0 Å². The fourth-order valence-electron chi connectivity index (χ4n) is 3.27. The van der Waals surface area contributed by atoms with Gasteiger partial charge >= 0.3 is 11.9 Å².